The van der Waals surface area contributed by atoms with Crippen LogP contribution in [0, 0.1) is 0 Å². The van der Waals surface area contributed by atoms with Crippen LogP contribution in [0.5, 0.6) is 0 Å². The number of aliphatic hydroxyl groups is 8. The van der Waals surface area contributed by atoms with E-state index in [0.29, 0.717) is 6.42 Å². The molecular formula is C72H117NO13. The van der Waals surface area contributed by atoms with Crippen LogP contribution in [0.4, 0.5) is 0 Å². The fourth-order valence-electron chi connectivity index (χ4n) is 9.77. The number of hydrogen-bond donors (Lipinski definition) is 9. The molecule has 0 aromatic rings. The number of carbonyl (C=O) groups is 1. The topological polar surface area (TPSA) is 228 Å². The number of hydrogen-bond acceptors (Lipinski definition) is 13. The molecular weight excluding hydrogens is 1090 g/mol. The maximum absolute atomic E-state index is 13.3. The van der Waals surface area contributed by atoms with Crippen molar-refractivity contribution in [2.24, 2.45) is 0 Å². The molecule has 9 N–H and O–H groups in total. The highest BCUT2D eigenvalue weighted by Crippen LogP contribution is 2.30. The highest BCUT2D eigenvalue weighted by atomic mass is 16.7. The SMILES string of the molecule is CC/C=C\C/C=C\C/C=C\C/C=C\C/C=C\C/C=C\C/C=C\C/C=C\C/C=C\C/C=C\C/C=C\CCCCCCCCCC(=O)NC(COC1OC(CO)C(OC2OC(CO)C(O)C(O)C2O)C(O)C1O)C(O)/C=C/CCCCCCCCCCC. The molecule has 12 atom stereocenters. The second-order valence-electron chi connectivity index (χ2n) is 22.5. The molecule has 488 valence electrons. The molecule has 14 heteroatoms. The highest BCUT2D eigenvalue weighted by Gasteiger charge is 2.51. The first-order valence-corrected chi connectivity index (χ1v) is 33.1. The van der Waals surface area contributed by atoms with Crippen molar-refractivity contribution in [2.45, 2.75) is 280 Å². The van der Waals surface area contributed by atoms with Gasteiger partial charge >= 0.3 is 0 Å². The van der Waals surface area contributed by atoms with Crippen molar-refractivity contribution in [1.82, 2.24) is 5.32 Å². The van der Waals surface area contributed by atoms with Gasteiger partial charge in [-0.25, -0.2) is 0 Å². The lowest BCUT2D eigenvalue weighted by Gasteiger charge is -2.46. The van der Waals surface area contributed by atoms with E-state index in [9.17, 15) is 45.6 Å². The third-order valence-electron chi connectivity index (χ3n) is 15.0. The van der Waals surface area contributed by atoms with Crippen LogP contribution in [-0.4, -0.2) is 140 Å². The van der Waals surface area contributed by atoms with E-state index in [4.69, 9.17) is 18.9 Å². The standard InChI is InChI=1S/C72H117NO13/c1-3-5-7-9-11-13-15-16-17-18-19-20-21-22-23-24-25-26-27-28-29-30-31-32-33-34-35-36-37-38-39-40-41-42-43-44-46-48-50-52-54-56-64(77)73-60(61(76)55-53-51-49-47-45-14-12-10-8-6-4-2)59-83-71-69(82)67(80)70(63(58-75)85-71)86-72-68(81)66(79)65(78)62(57-74)84-72/h5,7,11,13,16-17,19-20,22-23,25-26,28-29,31-32,34-35,37-38,40-41,53,55,60-63,65-72,74-76,78-82H,3-4,6,8-10,12,14-15,18,21,24,27,30,33,36,39,42-52,54,56-59H2,1-2H3,(H,73,77)/b7-5-,13-11-,17-16-,20-19-,23-22-,26-25-,29-28-,32-31-,35-34-,38-37-,41-40-,55-53+. The summed E-state index contributed by atoms with van der Waals surface area (Å²) < 4.78 is 22.7. The molecule has 14 nitrogen and oxygen atoms in total. The zero-order valence-electron chi connectivity index (χ0n) is 52.7. The van der Waals surface area contributed by atoms with Crippen molar-refractivity contribution in [3.63, 3.8) is 0 Å². The van der Waals surface area contributed by atoms with Gasteiger partial charge in [0.1, 0.15) is 48.8 Å². The highest BCUT2D eigenvalue weighted by molar-refractivity contribution is 5.76. The normalized spacial score (nSPS) is 24.4. The Morgan fingerprint density at radius 1 is 0.430 bits per heavy atom. The van der Waals surface area contributed by atoms with Crippen LogP contribution in [-0.2, 0) is 23.7 Å². The van der Waals surface area contributed by atoms with Gasteiger partial charge < -0.3 is 65.1 Å². The number of amides is 1. The summed E-state index contributed by atoms with van der Waals surface area (Å²) in [4.78, 5) is 13.3. The third-order valence-corrected chi connectivity index (χ3v) is 15.0. The van der Waals surface area contributed by atoms with Gasteiger partial charge in [-0.05, 0) is 103 Å². The van der Waals surface area contributed by atoms with Crippen molar-refractivity contribution in [1.29, 1.82) is 0 Å². The summed E-state index contributed by atoms with van der Waals surface area (Å²) in [6.45, 7) is 2.63. The van der Waals surface area contributed by atoms with E-state index in [1.54, 1.807) is 6.08 Å². The lowest BCUT2D eigenvalue weighted by atomic mass is 9.97. The molecule has 2 heterocycles. The van der Waals surface area contributed by atoms with Gasteiger partial charge in [-0.2, -0.15) is 0 Å². The molecule has 0 radical (unpaired) electrons. The quantitative estimate of drug-likeness (QED) is 0.0204. The Kier molecular flexibility index (Phi) is 49.8. The molecule has 1 amide bonds. The smallest absolute Gasteiger partial charge is 0.220 e. The molecule has 0 spiro atoms. The molecule has 2 rings (SSSR count). The van der Waals surface area contributed by atoms with Crippen molar-refractivity contribution < 1.29 is 64.6 Å². The van der Waals surface area contributed by atoms with Gasteiger partial charge in [-0.1, -0.05) is 243 Å². The van der Waals surface area contributed by atoms with Crippen LogP contribution in [0.1, 0.15) is 206 Å². The summed E-state index contributed by atoms with van der Waals surface area (Å²) in [5.74, 6) is -0.259. The van der Waals surface area contributed by atoms with Crippen molar-refractivity contribution >= 4 is 5.91 Å². The first-order valence-electron chi connectivity index (χ1n) is 33.1. The summed E-state index contributed by atoms with van der Waals surface area (Å²) in [6, 6.07) is -0.930. The zero-order valence-corrected chi connectivity index (χ0v) is 52.7. The second-order valence-corrected chi connectivity index (χ2v) is 22.5. The fraction of sp³-hybridized carbons (Fsp3) is 0.653. The molecule has 12 unspecified atom stereocenters. The zero-order chi connectivity index (χ0) is 62.3. The lowest BCUT2D eigenvalue weighted by molar-refractivity contribution is -0.359. The molecule has 0 aliphatic carbocycles. The van der Waals surface area contributed by atoms with Gasteiger partial charge in [0.25, 0.3) is 0 Å². The maximum atomic E-state index is 13.3. The maximum Gasteiger partial charge on any atom is 0.220 e. The predicted molar refractivity (Wildman–Crippen MR) is 350 cm³/mol. The Morgan fingerprint density at radius 3 is 1.23 bits per heavy atom. The largest absolute Gasteiger partial charge is 0.394 e. The number of nitrogens with one attached hydrogen (secondary N) is 1. The minimum atomic E-state index is -1.80. The molecule has 0 aromatic carbocycles. The minimum absolute atomic E-state index is 0.259. The predicted octanol–water partition coefficient (Wildman–Crippen LogP) is 12.9. The second kappa shape index (κ2) is 55.0. The number of carbonyl (C=O) groups excluding carboxylic acids is 1. The summed E-state index contributed by atoms with van der Waals surface area (Å²) in [5.41, 5.74) is 0. The van der Waals surface area contributed by atoms with E-state index in [2.05, 4.69) is 153 Å². The van der Waals surface area contributed by atoms with E-state index in [1.165, 1.54) is 38.5 Å². The third kappa shape index (κ3) is 39.0. The van der Waals surface area contributed by atoms with Crippen LogP contribution in [0.2, 0.25) is 0 Å². The summed E-state index contributed by atoms with van der Waals surface area (Å²) in [6.07, 6.45) is 66.2. The minimum Gasteiger partial charge on any atom is -0.394 e. The average molecular weight is 1200 g/mol. The monoisotopic (exact) mass is 1200 g/mol. The van der Waals surface area contributed by atoms with Crippen LogP contribution in [0.3, 0.4) is 0 Å². The molecule has 0 saturated carbocycles. The Hall–Kier alpha value is -4.13. The number of aliphatic hydroxyl groups excluding tert-OH is 8. The fourth-order valence-corrected chi connectivity index (χ4v) is 9.77. The Bertz CT molecular complexity index is 2000. The van der Waals surface area contributed by atoms with E-state index in [0.717, 1.165) is 141 Å². The Labute approximate surface area is 519 Å². The molecule has 2 saturated heterocycles. The lowest BCUT2D eigenvalue weighted by Crippen LogP contribution is -2.65. The molecule has 2 fully saturated rings. The molecule has 2 aliphatic rings. The first-order chi connectivity index (χ1) is 42.1. The molecule has 0 bridgehead atoms. The van der Waals surface area contributed by atoms with Gasteiger partial charge in [-0.3, -0.25) is 4.79 Å². The Balaban J connectivity index is 1.61. The summed E-state index contributed by atoms with van der Waals surface area (Å²) in [5, 5.41) is 87.0. The van der Waals surface area contributed by atoms with Crippen molar-refractivity contribution in [3.05, 3.63) is 146 Å². The van der Waals surface area contributed by atoms with Crippen LogP contribution >= 0.6 is 0 Å². The molecule has 2 aliphatic heterocycles. The van der Waals surface area contributed by atoms with Gasteiger partial charge in [0.2, 0.25) is 5.91 Å². The van der Waals surface area contributed by atoms with Crippen LogP contribution in [0.15, 0.2) is 146 Å². The number of ether oxygens (including phenoxy) is 4. The molecule has 86 heavy (non-hydrogen) atoms. The van der Waals surface area contributed by atoms with Gasteiger partial charge in [0.05, 0.1) is 32.0 Å². The van der Waals surface area contributed by atoms with Gasteiger partial charge in [-0.15, -0.1) is 0 Å². The Morgan fingerprint density at radius 2 is 0.802 bits per heavy atom. The summed E-state index contributed by atoms with van der Waals surface area (Å²) >= 11 is 0. The van der Waals surface area contributed by atoms with Crippen molar-refractivity contribution in [2.75, 3.05) is 19.8 Å². The van der Waals surface area contributed by atoms with Crippen molar-refractivity contribution in [3.8, 4) is 0 Å². The van der Waals surface area contributed by atoms with E-state index >= 15 is 0 Å². The average Bonchev–Trinajstić information content (AvgIpc) is 1.60. The van der Waals surface area contributed by atoms with E-state index < -0.39 is 86.8 Å². The number of rotatable bonds is 51. The van der Waals surface area contributed by atoms with Crippen LogP contribution < -0.4 is 5.32 Å². The number of unbranched alkanes of at least 4 members (excludes halogenated alkanes) is 16. The van der Waals surface area contributed by atoms with E-state index in [-0.39, 0.29) is 18.9 Å². The summed E-state index contributed by atoms with van der Waals surface area (Å²) in [7, 11) is 0. The van der Waals surface area contributed by atoms with Crippen LogP contribution in [0.25, 0.3) is 0 Å². The van der Waals surface area contributed by atoms with Gasteiger partial charge in [0.15, 0.2) is 12.6 Å². The number of allylic oxidation sites excluding steroid dienone is 23. The first kappa shape index (κ1) is 78.0. The van der Waals surface area contributed by atoms with Gasteiger partial charge in [0, 0.05) is 6.42 Å². The molecule has 0 aromatic heterocycles. The van der Waals surface area contributed by atoms with E-state index in [1.807, 2.05) is 6.08 Å².